The first-order chi connectivity index (χ1) is 13.7. The van der Waals surface area contributed by atoms with E-state index in [2.05, 4.69) is 4.98 Å². The maximum Gasteiger partial charge on any atom is 0.290 e. The standard InChI is InChI=1S/C21H25N3O4S/c1-12-20(29-13(2)22-12)18(26)16-17(14-6-8-15(25)9-7-14)24(21(28)19(16)27)11-5-10-23(3)4/h6-9,17,25,27H,5,10-11H2,1-4H3. The highest BCUT2D eigenvalue weighted by Crippen LogP contribution is 2.40. The maximum absolute atomic E-state index is 13.3. The predicted octanol–water partition coefficient (Wildman–Crippen LogP) is 3.00. The van der Waals surface area contributed by atoms with Crippen LogP contribution in [0.15, 0.2) is 35.6 Å². The summed E-state index contributed by atoms with van der Waals surface area (Å²) in [7, 11) is 3.89. The van der Waals surface area contributed by atoms with Crippen LogP contribution in [0.1, 0.15) is 38.4 Å². The molecule has 2 aromatic rings. The molecular formula is C21H25N3O4S. The normalized spacial score (nSPS) is 16.9. The average Bonchev–Trinajstić information content (AvgIpc) is 3.12. The van der Waals surface area contributed by atoms with Gasteiger partial charge in [0.15, 0.2) is 5.76 Å². The Kier molecular flexibility index (Phi) is 6.04. The third-order valence-electron chi connectivity index (χ3n) is 4.87. The van der Waals surface area contributed by atoms with Crippen molar-refractivity contribution in [3.63, 3.8) is 0 Å². The minimum Gasteiger partial charge on any atom is -0.508 e. The van der Waals surface area contributed by atoms with Crippen molar-refractivity contribution >= 4 is 23.0 Å². The van der Waals surface area contributed by atoms with Crippen molar-refractivity contribution in [1.29, 1.82) is 0 Å². The second kappa shape index (κ2) is 8.34. The molecule has 0 radical (unpaired) electrons. The fraction of sp³-hybridized carbons (Fsp3) is 0.381. The Balaban J connectivity index is 2.03. The highest BCUT2D eigenvalue weighted by Gasteiger charge is 2.44. The van der Waals surface area contributed by atoms with Crippen LogP contribution in [0.2, 0.25) is 0 Å². The number of aryl methyl sites for hydroxylation is 2. The Morgan fingerprint density at radius 2 is 1.86 bits per heavy atom. The fourth-order valence-corrected chi connectivity index (χ4v) is 4.41. The van der Waals surface area contributed by atoms with Gasteiger partial charge in [-0.25, -0.2) is 4.98 Å². The third kappa shape index (κ3) is 4.18. The van der Waals surface area contributed by atoms with Crippen LogP contribution in [0.4, 0.5) is 0 Å². The molecule has 1 aromatic carbocycles. The molecule has 1 atom stereocenters. The van der Waals surface area contributed by atoms with Gasteiger partial charge in [0.1, 0.15) is 5.75 Å². The lowest BCUT2D eigenvalue weighted by Gasteiger charge is -2.27. The number of aromatic hydroxyl groups is 1. The molecule has 1 amide bonds. The van der Waals surface area contributed by atoms with Crippen molar-refractivity contribution < 1.29 is 19.8 Å². The van der Waals surface area contributed by atoms with Gasteiger partial charge in [0, 0.05) is 6.54 Å². The SMILES string of the molecule is Cc1nc(C)c(C(=O)C2=C(O)C(=O)N(CCCN(C)C)C2c2ccc(O)cc2)s1. The van der Waals surface area contributed by atoms with E-state index in [9.17, 15) is 19.8 Å². The number of carbonyl (C=O) groups is 2. The quantitative estimate of drug-likeness (QED) is 0.675. The predicted molar refractivity (Wildman–Crippen MR) is 111 cm³/mol. The van der Waals surface area contributed by atoms with E-state index >= 15 is 0 Å². The van der Waals surface area contributed by atoms with E-state index in [1.165, 1.54) is 28.4 Å². The van der Waals surface area contributed by atoms with Crippen LogP contribution in [0, 0.1) is 13.8 Å². The molecule has 1 aromatic heterocycles. The number of hydrogen-bond donors (Lipinski definition) is 2. The molecule has 0 saturated heterocycles. The Labute approximate surface area is 173 Å². The number of aliphatic hydroxyl groups excluding tert-OH is 1. The summed E-state index contributed by atoms with van der Waals surface area (Å²) in [6.45, 7) is 4.72. The Morgan fingerprint density at radius 3 is 2.41 bits per heavy atom. The van der Waals surface area contributed by atoms with Crippen molar-refractivity contribution in [3.8, 4) is 5.75 Å². The highest BCUT2D eigenvalue weighted by atomic mass is 32.1. The molecule has 1 aliphatic rings. The molecule has 29 heavy (non-hydrogen) atoms. The summed E-state index contributed by atoms with van der Waals surface area (Å²) in [6, 6.07) is 5.65. The van der Waals surface area contributed by atoms with Gasteiger partial charge in [0.05, 0.1) is 27.2 Å². The molecule has 0 bridgehead atoms. The second-order valence-electron chi connectivity index (χ2n) is 7.39. The van der Waals surface area contributed by atoms with Gasteiger partial charge in [-0.3, -0.25) is 9.59 Å². The zero-order valence-electron chi connectivity index (χ0n) is 17.0. The Morgan fingerprint density at radius 1 is 1.21 bits per heavy atom. The van der Waals surface area contributed by atoms with E-state index in [1.807, 2.05) is 25.9 Å². The van der Waals surface area contributed by atoms with E-state index < -0.39 is 17.7 Å². The average molecular weight is 416 g/mol. The topological polar surface area (TPSA) is 94.0 Å². The highest BCUT2D eigenvalue weighted by molar-refractivity contribution is 7.14. The Bertz CT molecular complexity index is 963. The van der Waals surface area contributed by atoms with Crippen LogP contribution >= 0.6 is 11.3 Å². The van der Waals surface area contributed by atoms with Gasteiger partial charge in [-0.2, -0.15) is 0 Å². The number of benzene rings is 1. The van der Waals surface area contributed by atoms with E-state index in [1.54, 1.807) is 19.1 Å². The fourth-order valence-electron chi connectivity index (χ4n) is 3.54. The van der Waals surface area contributed by atoms with Gasteiger partial charge in [0.2, 0.25) is 5.78 Å². The summed E-state index contributed by atoms with van der Waals surface area (Å²) < 4.78 is 0. The van der Waals surface area contributed by atoms with Gasteiger partial charge < -0.3 is 20.0 Å². The van der Waals surface area contributed by atoms with Crippen molar-refractivity contribution in [3.05, 3.63) is 56.7 Å². The second-order valence-corrected chi connectivity index (χ2v) is 8.59. The van der Waals surface area contributed by atoms with Crippen LogP contribution in [-0.4, -0.2) is 63.9 Å². The largest absolute Gasteiger partial charge is 0.508 e. The summed E-state index contributed by atoms with van der Waals surface area (Å²) >= 11 is 1.25. The summed E-state index contributed by atoms with van der Waals surface area (Å²) in [5.74, 6) is -1.35. The zero-order valence-corrected chi connectivity index (χ0v) is 17.8. The lowest BCUT2D eigenvalue weighted by molar-refractivity contribution is -0.129. The third-order valence-corrected chi connectivity index (χ3v) is 5.94. The number of phenols is 1. The molecule has 2 N–H and O–H groups in total. The summed E-state index contributed by atoms with van der Waals surface area (Å²) in [4.78, 5) is 34.5. The number of aliphatic hydroxyl groups is 1. The number of thiazole rings is 1. The lowest BCUT2D eigenvalue weighted by Crippen LogP contribution is -2.33. The van der Waals surface area contributed by atoms with Crippen LogP contribution in [0.5, 0.6) is 5.75 Å². The van der Waals surface area contributed by atoms with Gasteiger partial charge in [-0.05, 0) is 58.6 Å². The minimum absolute atomic E-state index is 0.0669. The zero-order chi connectivity index (χ0) is 21.3. The number of Topliss-reactive ketones (excluding diaryl/α,β-unsaturated/α-hetero) is 1. The van der Waals surface area contributed by atoms with Crippen LogP contribution in [-0.2, 0) is 4.79 Å². The molecule has 1 aliphatic heterocycles. The molecule has 0 spiro atoms. The van der Waals surface area contributed by atoms with E-state index in [4.69, 9.17) is 0 Å². The van der Waals surface area contributed by atoms with Gasteiger partial charge in [0.25, 0.3) is 5.91 Å². The summed E-state index contributed by atoms with van der Waals surface area (Å²) in [5, 5.41) is 21.0. The molecule has 8 heteroatoms. The Hall–Kier alpha value is -2.71. The van der Waals surface area contributed by atoms with Crippen LogP contribution in [0.25, 0.3) is 0 Å². The smallest absolute Gasteiger partial charge is 0.290 e. The van der Waals surface area contributed by atoms with Gasteiger partial charge >= 0.3 is 0 Å². The monoisotopic (exact) mass is 415 g/mol. The van der Waals surface area contributed by atoms with E-state index in [0.717, 1.165) is 11.6 Å². The molecule has 2 heterocycles. The number of aromatic nitrogens is 1. The first kappa shape index (κ1) is 21.0. The lowest BCUT2D eigenvalue weighted by atomic mass is 9.95. The molecule has 3 rings (SSSR count). The van der Waals surface area contributed by atoms with Crippen molar-refractivity contribution in [2.24, 2.45) is 0 Å². The number of phenolic OH excluding ortho intramolecular Hbond substituents is 1. The van der Waals surface area contributed by atoms with Crippen LogP contribution < -0.4 is 0 Å². The number of ketones is 1. The summed E-state index contributed by atoms with van der Waals surface area (Å²) in [6.07, 6.45) is 0.695. The van der Waals surface area contributed by atoms with Crippen molar-refractivity contribution in [1.82, 2.24) is 14.8 Å². The van der Waals surface area contributed by atoms with Crippen molar-refractivity contribution in [2.75, 3.05) is 27.2 Å². The molecule has 1 unspecified atom stereocenters. The summed E-state index contributed by atoms with van der Waals surface area (Å²) in [5.41, 5.74) is 1.31. The number of nitrogens with zero attached hydrogens (tertiary/aromatic N) is 3. The number of rotatable bonds is 7. The van der Waals surface area contributed by atoms with Gasteiger partial charge in [-0.15, -0.1) is 11.3 Å². The van der Waals surface area contributed by atoms with Crippen molar-refractivity contribution in [2.45, 2.75) is 26.3 Å². The van der Waals surface area contributed by atoms with E-state index in [-0.39, 0.29) is 17.1 Å². The maximum atomic E-state index is 13.3. The molecule has 7 nitrogen and oxygen atoms in total. The van der Waals surface area contributed by atoms with Gasteiger partial charge in [-0.1, -0.05) is 12.1 Å². The van der Waals surface area contributed by atoms with E-state index in [0.29, 0.717) is 29.1 Å². The first-order valence-electron chi connectivity index (χ1n) is 9.37. The molecule has 154 valence electrons. The molecule has 0 fully saturated rings. The number of amides is 1. The number of carbonyl (C=O) groups excluding carboxylic acids is 2. The molecular weight excluding hydrogens is 390 g/mol. The molecule has 0 saturated carbocycles. The minimum atomic E-state index is -0.709. The first-order valence-corrected chi connectivity index (χ1v) is 10.2. The number of hydrogen-bond acceptors (Lipinski definition) is 7. The molecule has 0 aliphatic carbocycles. The van der Waals surface area contributed by atoms with Crippen LogP contribution in [0.3, 0.4) is 0 Å².